The Morgan fingerprint density at radius 2 is 2.12 bits per heavy atom. The average molecular weight is 335 g/mol. The number of carbonyl (C=O) groups is 1. The molecule has 2 aliphatic rings. The van der Waals surface area contributed by atoms with Crippen LogP contribution in [0, 0.1) is 0 Å². The number of nitrogens with zero attached hydrogens (tertiary/aromatic N) is 3. The maximum Gasteiger partial charge on any atom is 0.271 e. The summed E-state index contributed by atoms with van der Waals surface area (Å²) in [6.07, 6.45) is 5.52. The summed E-state index contributed by atoms with van der Waals surface area (Å²) >= 11 is 0. The van der Waals surface area contributed by atoms with Crippen molar-refractivity contribution in [1.29, 1.82) is 0 Å². The Hall–Kier alpha value is -1.77. The second-order valence-corrected chi connectivity index (χ2v) is 6.01. The first-order chi connectivity index (χ1) is 11.8. The van der Waals surface area contributed by atoms with Crippen LogP contribution in [0.5, 0.6) is 0 Å². The van der Waals surface area contributed by atoms with Crippen molar-refractivity contribution in [2.45, 2.75) is 18.9 Å². The van der Waals surface area contributed by atoms with E-state index in [1.165, 1.54) is 6.20 Å². The minimum Gasteiger partial charge on any atom is -0.379 e. The normalized spacial score (nSPS) is 21.6. The zero-order valence-corrected chi connectivity index (χ0v) is 13.9. The molecule has 132 valence electrons. The van der Waals surface area contributed by atoms with Crippen LogP contribution in [0.3, 0.4) is 0 Å². The summed E-state index contributed by atoms with van der Waals surface area (Å²) in [5, 5.41) is 6.07. The second-order valence-electron chi connectivity index (χ2n) is 6.01. The SMILES string of the molecule is O=C(NCCN1CCOCC1)c1cnc(NCC2CCCO2)cn1. The average Bonchev–Trinajstić information content (AvgIpc) is 3.15. The summed E-state index contributed by atoms with van der Waals surface area (Å²) in [6, 6.07) is 0. The van der Waals surface area contributed by atoms with Gasteiger partial charge in [-0.3, -0.25) is 9.69 Å². The largest absolute Gasteiger partial charge is 0.379 e. The number of anilines is 1. The molecule has 24 heavy (non-hydrogen) atoms. The number of amides is 1. The molecular formula is C16H25N5O3. The molecule has 3 rings (SSSR count). The summed E-state index contributed by atoms with van der Waals surface area (Å²) in [4.78, 5) is 22.8. The van der Waals surface area contributed by atoms with Crippen molar-refractivity contribution in [2.75, 3.05) is 57.9 Å². The highest BCUT2D eigenvalue weighted by molar-refractivity contribution is 5.91. The van der Waals surface area contributed by atoms with Gasteiger partial charge < -0.3 is 20.1 Å². The van der Waals surface area contributed by atoms with E-state index in [1.54, 1.807) is 6.20 Å². The molecule has 1 amide bonds. The zero-order chi connectivity index (χ0) is 16.6. The van der Waals surface area contributed by atoms with Gasteiger partial charge in [0.2, 0.25) is 0 Å². The predicted molar refractivity (Wildman–Crippen MR) is 89.1 cm³/mol. The standard InChI is InChI=1S/C16H25N5O3/c22-16(17-3-4-21-5-8-23-9-6-21)14-11-20-15(12-18-14)19-10-13-2-1-7-24-13/h11-13H,1-10H2,(H,17,22)(H,19,20). The highest BCUT2D eigenvalue weighted by Crippen LogP contribution is 2.12. The monoisotopic (exact) mass is 335 g/mol. The number of rotatable bonds is 7. The smallest absolute Gasteiger partial charge is 0.271 e. The van der Waals surface area contributed by atoms with Gasteiger partial charge in [-0.25, -0.2) is 9.97 Å². The van der Waals surface area contributed by atoms with Crippen LogP contribution in [-0.4, -0.2) is 79.4 Å². The molecule has 0 bridgehead atoms. The molecule has 1 unspecified atom stereocenters. The van der Waals surface area contributed by atoms with Crippen molar-refractivity contribution >= 4 is 11.7 Å². The highest BCUT2D eigenvalue weighted by Gasteiger charge is 2.15. The van der Waals surface area contributed by atoms with Gasteiger partial charge in [-0.05, 0) is 12.8 Å². The van der Waals surface area contributed by atoms with Crippen LogP contribution in [0.15, 0.2) is 12.4 Å². The van der Waals surface area contributed by atoms with Crippen LogP contribution in [-0.2, 0) is 9.47 Å². The fourth-order valence-corrected chi connectivity index (χ4v) is 2.80. The molecule has 8 nitrogen and oxygen atoms in total. The van der Waals surface area contributed by atoms with Crippen molar-refractivity contribution in [1.82, 2.24) is 20.2 Å². The lowest BCUT2D eigenvalue weighted by molar-refractivity contribution is 0.0383. The van der Waals surface area contributed by atoms with Gasteiger partial charge >= 0.3 is 0 Å². The summed E-state index contributed by atoms with van der Waals surface area (Å²) in [5.41, 5.74) is 0.333. The lowest BCUT2D eigenvalue weighted by Gasteiger charge is -2.26. The Morgan fingerprint density at radius 3 is 2.83 bits per heavy atom. The number of aromatic nitrogens is 2. The molecule has 2 N–H and O–H groups in total. The number of carbonyl (C=O) groups excluding carboxylic acids is 1. The third-order valence-electron chi connectivity index (χ3n) is 4.24. The van der Waals surface area contributed by atoms with E-state index in [0.717, 1.165) is 58.8 Å². The van der Waals surface area contributed by atoms with Gasteiger partial charge in [-0.15, -0.1) is 0 Å². The molecule has 0 aliphatic carbocycles. The number of nitrogens with one attached hydrogen (secondary N) is 2. The van der Waals surface area contributed by atoms with Crippen LogP contribution >= 0.6 is 0 Å². The molecule has 0 aromatic carbocycles. The van der Waals surface area contributed by atoms with E-state index in [2.05, 4.69) is 25.5 Å². The van der Waals surface area contributed by atoms with Gasteiger partial charge in [0, 0.05) is 39.3 Å². The fraction of sp³-hybridized carbons (Fsp3) is 0.688. The molecule has 1 atom stereocenters. The number of morpholine rings is 1. The molecule has 1 aromatic rings. The summed E-state index contributed by atoms with van der Waals surface area (Å²) in [5.74, 6) is 0.469. The number of ether oxygens (including phenoxy) is 2. The Bertz CT molecular complexity index is 513. The van der Waals surface area contributed by atoms with Crippen molar-refractivity contribution in [3.05, 3.63) is 18.1 Å². The first-order valence-electron chi connectivity index (χ1n) is 8.57. The minimum atomic E-state index is -0.193. The lowest BCUT2D eigenvalue weighted by atomic mass is 10.2. The van der Waals surface area contributed by atoms with Crippen molar-refractivity contribution in [3.63, 3.8) is 0 Å². The number of hydrogen-bond donors (Lipinski definition) is 2. The van der Waals surface area contributed by atoms with E-state index in [1.807, 2.05) is 0 Å². The number of hydrogen-bond acceptors (Lipinski definition) is 7. The third-order valence-corrected chi connectivity index (χ3v) is 4.24. The first kappa shape index (κ1) is 17.1. The Balaban J connectivity index is 1.38. The van der Waals surface area contributed by atoms with Gasteiger partial charge in [0.05, 0.1) is 31.7 Å². The quantitative estimate of drug-likeness (QED) is 0.732. The summed E-state index contributed by atoms with van der Waals surface area (Å²) in [7, 11) is 0. The molecule has 8 heteroatoms. The second kappa shape index (κ2) is 8.91. The van der Waals surface area contributed by atoms with E-state index in [4.69, 9.17) is 9.47 Å². The van der Waals surface area contributed by atoms with E-state index >= 15 is 0 Å². The molecule has 2 fully saturated rings. The predicted octanol–water partition coefficient (Wildman–Crippen LogP) is 0.130. The maximum atomic E-state index is 12.1. The maximum absolute atomic E-state index is 12.1. The van der Waals surface area contributed by atoms with E-state index in [-0.39, 0.29) is 12.0 Å². The molecule has 2 saturated heterocycles. The molecular weight excluding hydrogens is 310 g/mol. The Labute approximate surface area is 141 Å². The summed E-state index contributed by atoms with van der Waals surface area (Å²) < 4.78 is 10.8. The summed E-state index contributed by atoms with van der Waals surface area (Å²) in [6.45, 7) is 6.34. The van der Waals surface area contributed by atoms with Crippen LogP contribution in [0.25, 0.3) is 0 Å². The van der Waals surface area contributed by atoms with Gasteiger partial charge in [0.25, 0.3) is 5.91 Å². The van der Waals surface area contributed by atoms with Crippen LogP contribution in [0.4, 0.5) is 5.82 Å². The van der Waals surface area contributed by atoms with Gasteiger partial charge in [-0.2, -0.15) is 0 Å². The minimum absolute atomic E-state index is 0.193. The third kappa shape index (κ3) is 5.12. The fourth-order valence-electron chi connectivity index (χ4n) is 2.80. The Morgan fingerprint density at radius 1 is 1.25 bits per heavy atom. The van der Waals surface area contributed by atoms with Crippen molar-refractivity contribution < 1.29 is 14.3 Å². The zero-order valence-electron chi connectivity index (χ0n) is 13.9. The molecule has 0 spiro atoms. The van der Waals surface area contributed by atoms with Crippen LogP contribution in [0.1, 0.15) is 23.3 Å². The van der Waals surface area contributed by atoms with E-state index in [0.29, 0.717) is 18.1 Å². The van der Waals surface area contributed by atoms with Crippen molar-refractivity contribution in [3.8, 4) is 0 Å². The molecule has 1 aromatic heterocycles. The highest BCUT2D eigenvalue weighted by atomic mass is 16.5. The van der Waals surface area contributed by atoms with E-state index in [9.17, 15) is 4.79 Å². The topological polar surface area (TPSA) is 88.6 Å². The Kier molecular flexibility index (Phi) is 6.33. The molecule has 0 saturated carbocycles. The van der Waals surface area contributed by atoms with Crippen LogP contribution < -0.4 is 10.6 Å². The van der Waals surface area contributed by atoms with Gasteiger partial charge in [0.1, 0.15) is 11.5 Å². The molecule has 2 aliphatic heterocycles. The molecule has 3 heterocycles. The van der Waals surface area contributed by atoms with Crippen molar-refractivity contribution in [2.24, 2.45) is 0 Å². The van der Waals surface area contributed by atoms with Gasteiger partial charge in [0.15, 0.2) is 0 Å². The molecule has 0 radical (unpaired) electrons. The van der Waals surface area contributed by atoms with Gasteiger partial charge in [-0.1, -0.05) is 0 Å². The first-order valence-corrected chi connectivity index (χ1v) is 8.57. The van der Waals surface area contributed by atoms with E-state index < -0.39 is 0 Å². The lowest BCUT2D eigenvalue weighted by Crippen LogP contribution is -2.41. The van der Waals surface area contributed by atoms with Crippen LogP contribution in [0.2, 0.25) is 0 Å².